The molecule has 1 aromatic heterocycles. The number of hydrogen-bond acceptors (Lipinski definition) is 3. The van der Waals surface area contributed by atoms with Crippen LogP contribution in [0.3, 0.4) is 0 Å². The van der Waals surface area contributed by atoms with Gasteiger partial charge in [0.05, 0.1) is 16.6 Å². The average molecular weight is 434 g/mol. The van der Waals surface area contributed by atoms with Crippen molar-refractivity contribution in [3.63, 3.8) is 0 Å². The molecule has 28 heavy (non-hydrogen) atoms. The highest BCUT2D eigenvalue weighted by atomic mass is 79.9. The normalized spacial score (nSPS) is 10.8. The Kier molecular flexibility index (Phi) is 4.79. The summed E-state index contributed by atoms with van der Waals surface area (Å²) in [6.45, 7) is 1.96. The van der Waals surface area contributed by atoms with E-state index in [-0.39, 0.29) is 11.5 Å². The summed E-state index contributed by atoms with van der Waals surface area (Å²) >= 11 is 3.45. The highest BCUT2D eigenvalue weighted by Gasteiger charge is 2.09. The van der Waals surface area contributed by atoms with E-state index in [1.807, 2.05) is 37.3 Å². The van der Waals surface area contributed by atoms with Gasteiger partial charge in [0, 0.05) is 15.7 Å². The summed E-state index contributed by atoms with van der Waals surface area (Å²) in [6.07, 6.45) is 1.50. The third-order valence-electron chi connectivity index (χ3n) is 4.49. The standard InChI is InChI=1S/C22H16BrN3O2/c1-14-12-16(8-11-19(14)23)25-21(27)15-6-9-17(10-7-15)26-13-24-20-5-3-2-4-18(20)22(26)28/h2-13H,1H3,(H,25,27). The molecule has 0 saturated heterocycles. The molecule has 0 aliphatic carbocycles. The molecule has 4 aromatic rings. The van der Waals surface area contributed by atoms with Gasteiger partial charge in [0.25, 0.3) is 11.5 Å². The number of aromatic nitrogens is 2. The summed E-state index contributed by atoms with van der Waals surface area (Å²) < 4.78 is 2.46. The predicted molar refractivity (Wildman–Crippen MR) is 114 cm³/mol. The molecule has 0 aliphatic heterocycles. The number of carbonyl (C=O) groups is 1. The first-order valence-electron chi connectivity index (χ1n) is 8.67. The van der Waals surface area contributed by atoms with E-state index >= 15 is 0 Å². The Morgan fingerprint density at radius 1 is 1.04 bits per heavy atom. The molecule has 0 fully saturated rings. The largest absolute Gasteiger partial charge is 0.322 e. The molecule has 0 bridgehead atoms. The second kappa shape index (κ2) is 7.40. The molecule has 0 radical (unpaired) electrons. The maximum Gasteiger partial charge on any atom is 0.265 e. The Labute approximate surface area is 169 Å². The Morgan fingerprint density at radius 3 is 2.54 bits per heavy atom. The summed E-state index contributed by atoms with van der Waals surface area (Å²) in [6, 6.07) is 19.7. The average Bonchev–Trinajstić information content (AvgIpc) is 2.71. The smallest absolute Gasteiger partial charge is 0.265 e. The lowest BCUT2D eigenvalue weighted by Crippen LogP contribution is -2.19. The number of nitrogens with zero attached hydrogens (tertiary/aromatic N) is 2. The lowest BCUT2D eigenvalue weighted by atomic mass is 10.1. The number of aryl methyl sites for hydroxylation is 1. The molecule has 1 N–H and O–H groups in total. The molecule has 6 heteroatoms. The fraction of sp³-hybridized carbons (Fsp3) is 0.0455. The van der Waals surface area contributed by atoms with Crippen molar-refractivity contribution in [1.82, 2.24) is 9.55 Å². The van der Waals surface area contributed by atoms with Gasteiger partial charge in [-0.05, 0) is 67.1 Å². The zero-order valence-electron chi connectivity index (χ0n) is 15.0. The van der Waals surface area contributed by atoms with Crippen LogP contribution in [0.4, 0.5) is 5.69 Å². The van der Waals surface area contributed by atoms with Gasteiger partial charge >= 0.3 is 0 Å². The van der Waals surface area contributed by atoms with Crippen LogP contribution in [0.1, 0.15) is 15.9 Å². The minimum absolute atomic E-state index is 0.145. The van der Waals surface area contributed by atoms with Crippen LogP contribution < -0.4 is 10.9 Å². The number of fused-ring (bicyclic) bond motifs is 1. The molecule has 0 saturated carbocycles. The van der Waals surface area contributed by atoms with E-state index < -0.39 is 0 Å². The number of amides is 1. The fourth-order valence-electron chi connectivity index (χ4n) is 2.95. The van der Waals surface area contributed by atoms with E-state index in [1.54, 1.807) is 36.4 Å². The maximum absolute atomic E-state index is 12.7. The van der Waals surface area contributed by atoms with E-state index in [2.05, 4.69) is 26.2 Å². The third-order valence-corrected chi connectivity index (χ3v) is 5.38. The topological polar surface area (TPSA) is 64.0 Å². The van der Waals surface area contributed by atoms with E-state index in [0.717, 1.165) is 15.7 Å². The minimum atomic E-state index is -0.211. The van der Waals surface area contributed by atoms with Gasteiger partial charge in [-0.15, -0.1) is 0 Å². The van der Waals surface area contributed by atoms with Crippen molar-refractivity contribution in [3.05, 3.63) is 99.0 Å². The van der Waals surface area contributed by atoms with E-state index in [4.69, 9.17) is 0 Å². The third kappa shape index (κ3) is 3.46. The number of hydrogen-bond donors (Lipinski definition) is 1. The summed E-state index contributed by atoms with van der Waals surface area (Å²) in [4.78, 5) is 29.5. The number of para-hydroxylation sites is 1. The molecular formula is C22H16BrN3O2. The van der Waals surface area contributed by atoms with Crippen LogP contribution in [0.25, 0.3) is 16.6 Å². The number of carbonyl (C=O) groups excluding carboxylic acids is 1. The van der Waals surface area contributed by atoms with Crippen LogP contribution >= 0.6 is 15.9 Å². The maximum atomic E-state index is 12.7. The van der Waals surface area contributed by atoms with E-state index in [9.17, 15) is 9.59 Å². The predicted octanol–water partition coefficient (Wildman–Crippen LogP) is 4.71. The van der Waals surface area contributed by atoms with Crippen LogP contribution in [-0.2, 0) is 0 Å². The molecule has 0 unspecified atom stereocenters. The Hall–Kier alpha value is -3.25. The second-order valence-electron chi connectivity index (χ2n) is 6.40. The van der Waals surface area contributed by atoms with Gasteiger partial charge in [-0.1, -0.05) is 28.1 Å². The zero-order valence-corrected chi connectivity index (χ0v) is 16.6. The van der Waals surface area contributed by atoms with E-state index in [0.29, 0.717) is 22.2 Å². The van der Waals surface area contributed by atoms with Crippen molar-refractivity contribution in [3.8, 4) is 5.69 Å². The van der Waals surface area contributed by atoms with Gasteiger partial charge in [0.15, 0.2) is 0 Å². The Balaban J connectivity index is 1.60. The number of nitrogens with one attached hydrogen (secondary N) is 1. The molecule has 4 rings (SSSR count). The Bertz CT molecular complexity index is 1250. The van der Waals surface area contributed by atoms with Crippen LogP contribution in [-0.4, -0.2) is 15.5 Å². The van der Waals surface area contributed by atoms with Crippen molar-refractivity contribution >= 4 is 38.4 Å². The molecule has 1 amide bonds. The van der Waals surface area contributed by atoms with Gasteiger partial charge in [-0.2, -0.15) is 0 Å². The molecule has 5 nitrogen and oxygen atoms in total. The first-order chi connectivity index (χ1) is 13.5. The van der Waals surface area contributed by atoms with Crippen molar-refractivity contribution in [1.29, 1.82) is 0 Å². The highest BCUT2D eigenvalue weighted by Crippen LogP contribution is 2.20. The van der Waals surface area contributed by atoms with Gasteiger partial charge < -0.3 is 5.32 Å². The Morgan fingerprint density at radius 2 is 1.79 bits per heavy atom. The van der Waals surface area contributed by atoms with Crippen molar-refractivity contribution < 1.29 is 4.79 Å². The molecule has 138 valence electrons. The van der Waals surface area contributed by atoms with Crippen molar-refractivity contribution in [2.24, 2.45) is 0 Å². The monoisotopic (exact) mass is 433 g/mol. The van der Waals surface area contributed by atoms with Gasteiger partial charge in [-0.3, -0.25) is 14.2 Å². The molecular weight excluding hydrogens is 418 g/mol. The van der Waals surface area contributed by atoms with Crippen molar-refractivity contribution in [2.45, 2.75) is 6.92 Å². The summed E-state index contributed by atoms with van der Waals surface area (Å²) in [5.41, 5.74) is 3.43. The van der Waals surface area contributed by atoms with E-state index in [1.165, 1.54) is 10.9 Å². The molecule has 1 heterocycles. The van der Waals surface area contributed by atoms with Crippen LogP contribution in [0.15, 0.2) is 82.3 Å². The highest BCUT2D eigenvalue weighted by molar-refractivity contribution is 9.10. The summed E-state index contributed by atoms with van der Waals surface area (Å²) in [5.74, 6) is -0.211. The number of rotatable bonds is 3. The second-order valence-corrected chi connectivity index (χ2v) is 7.26. The zero-order chi connectivity index (χ0) is 19.7. The first-order valence-corrected chi connectivity index (χ1v) is 9.46. The number of anilines is 1. The van der Waals surface area contributed by atoms with Crippen LogP contribution in [0, 0.1) is 6.92 Å². The molecule has 0 atom stereocenters. The summed E-state index contributed by atoms with van der Waals surface area (Å²) in [7, 11) is 0. The number of halogens is 1. The minimum Gasteiger partial charge on any atom is -0.322 e. The molecule has 0 spiro atoms. The summed E-state index contributed by atoms with van der Waals surface area (Å²) in [5, 5.41) is 3.43. The van der Waals surface area contributed by atoms with Crippen LogP contribution in [0.5, 0.6) is 0 Å². The number of benzene rings is 3. The molecule has 0 aliphatic rings. The fourth-order valence-corrected chi connectivity index (χ4v) is 3.20. The lowest BCUT2D eigenvalue weighted by Gasteiger charge is -2.09. The van der Waals surface area contributed by atoms with Gasteiger partial charge in [0.2, 0.25) is 0 Å². The SMILES string of the molecule is Cc1cc(NC(=O)c2ccc(-n3cnc4ccccc4c3=O)cc2)ccc1Br. The quantitative estimate of drug-likeness (QED) is 0.508. The van der Waals surface area contributed by atoms with Gasteiger partial charge in [-0.25, -0.2) is 4.98 Å². The first kappa shape index (κ1) is 18.1. The van der Waals surface area contributed by atoms with Gasteiger partial charge in [0.1, 0.15) is 6.33 Å². The molecule has 3 aromatic carbocycles. The van der Waals surface area contributed by atoms with Crippen molar-refractivity contribution in [2.75, 3.05) is 5.32 Å². The van der Waals surface area contributed by atoms with Crippen LogP contribution in [0.2, 0.25) is 0 Å². The lowest BCUT2D eigenvalue weighted by molar-refractivity contribution is 0.102.